The third kappa shape index (κ3) is 0.827. The first-order valence-electron chi connectivity index (χ1n) is 3.56. The maximum absolute atomic E-state index is 3.99. The highest BCUT2D eigenvalue weighted by atomic mass is 15.2. The summed E-state index contributed by atoms with van der Waals surface area (Å²) in [6, 6.07) is 0. The van der Waals surface area contributed by atoms with Crippen molar-refractivity contribution in [1.82, 2.24) is 15.1 Å². The maximum atomic E-state index is 3.99. The molecule has 3 nitrogen and oxygen atoms in total. The molecule has 2 rings (SSSR count). The first-order chi connectivity index (χ1) is 4.86. The molecule has 0 aromatic carbocycles. The number of aromatic nitrogens is 2. The standard InChI is InChI=1S/C7H11N3.H2/c1-10-3-2-7-6(5-10)4-8-9-7;/h4H,2-3,5H2,1H3,(H,8,9);1H. The largest absolute Gasteiger partial charge is 0.302 e. The van der Waals surface area contributed by atoms with Crippen LogP contribution in [0, 0.1) is 0 Å². The van der Waals surface area contributed by atoms with E-state index in [0.717, 1.165) is 19.5 Å². The van der Waals surface area contributed by atoms with Crippen LogP contribution in [-0.2, 0) is 13.0 Å². The number of hydrogen-bond donors (Lipinski definition) is 1. The molecule has 1 aliphatic heterocycles. The molecule has 0 saturated carbocycles. The Kier molecular flexibility index (Phi) is 1.24. The number of rotatable bonds is 0. The van der Waals surface area contributed by atoms with E-state index in [-0.39, 0.29) is 1.43 Å². The monoisotopic (exact) mass is 139 g/mol. The number of likely N-dealkylation sites (N-methyl/N-ethyl adjacent to an activating group) is 1. The Morgan fingerprint density at radius 3 is 3.60 bits per heavy atom. The summed E-state index contributed by atoms with van der Waals surface area (Å²) in [5.41, 5.74) is 2.67. The molecular weight excluding hydrogens is 126 g/mol. The lowest BCUT2D eigenvalue weighted by Gasteiger charge is -2.20. The van der Waals surface area contributed by atoms with Gasteiger partial charge in [-0.25, -0.2) is 0 Å². The van der Waals surface area contributed by atoms with E-state index in [0.29, 0.717) is 0 Å². The molecule has 0 fully saturated rings. The second kappa shape index (κ2) is 2.09. The topological polar surface area (TPSA) is 31.9 Å². The van der Waals surface area contributed by atoms with E-state index in [1.54, 1.807) is 0 Å². The second-order valence-electron chi connectivity index (χ2n) is 2.86. The predicted octanol–water partition coefficient (Wildman–Crippen LogP) is 0.644. The summed E-state index contributed by atoms with van der Waals surface area (Å²) in [7, 11) is 2.13. The van der Waals surface area contributed by atoms with Crippen LogP contribution in [0.4, 0.5) is 0 Å². The lowest BCUT2D eigenvalue weighted by molar-refractivity contribution is 0.311. The Bertz CT molecular complexity index is 233. The minimum atomic E-state index is 0. The van der Waals surface area contributed by atoms with E-state index >= 15 is 0 Å². The SMILES string of the molecule is CN1CCc2[nH]ncc2C1.[HH]. The van der Waals surface area contributed by atoms with Gasteiger partial charge in [0.1, 0.15) is 0 Å². The van der Waals surface area contributed by atoms with Gasteiger partial charge in [-0.05, 0) is 7.05 Å². The smallest absolute Gasteiger partial charge is 0.0535 e. The van der Waals surface area contributed by atoms with Crippen LogP contribution in [0.25, 0.3) is 0 Å². The molecule has 10 heavy (non-hydrogen) atoms. The Balaban J connectivity index is 0.000000605. The maximum Gasteiger partial charge on any atom is 0.0535 e. The number of fused-ring (bicyclic) bond motifs is 1. The van der Waals surface area contributed by atoms with E-state index in [2.05, 4.69) is 22.1 Å². The van der Waals surface area contributed by atoms with E-state index in [1.165, 1.54) is 11.3 Å². The Morgan fingerprint density at radius 1 is 1.80 bits per heavy atom. The summed E-state index contributed by atoms with van der Waals surface area (Å²) >= 11 is 0. The van der Waals surface area contributed by atoms with Crippen LogP contribution in [-0.4, -0.2) is 28.7 Å². The van der Waals surface area contributed by atoms with Crippen molar-refractivity contribution in [2.75, 3.05) is 13.6 Å². The summed E-state index contributed by atoms with van der Waals surface area (Å²) in [4.78, 5) is 2.30. The zero-order valence-electron chi connectivity index (χ0n) is 6.09. The molecule has 1 N–H and O–H groups in total. The number of aromatic amines is 1. The van der Waals surface area contributed by atoms with Crippen LogP contribution >= 0.6 is 0 Å². The lowest BCUT2D eigenvalue weighted by atomic mass is 10.1. The van der Waals surface area contributed by atoms with Gasteiger partial charge in [-0.15, -0.1) is 0 Å². The van der Waals surface area contributed by atoms with Crippen LogP contribution in [0.3, 0.4) is 0 Å². The van der Waals surface area contributed by atoms with Crippen molar-refractivity contribution in [1.29, 1.82) is 0 Å². The predicted molar refractivity (Wildman–Crippen MR) is 40.7 cm³/mol. The van der Waals surface area contributed by atoms with Crippen molar-refractivity contribution in [3.63, 3.8) is 0 Å². The van der Waals surface area contributed by atoms with Gasteiger partial charge in [-0.1, -0.05) is 0 Å². The van der Waals surface area contributed by atoms with E-state index in [9.17, 15) is 0 Å². The van der Waals surface area contributed by atoms with E-state index in [1.807, 2.05) is 6.20 Å². The van der Waals surface area contributed by atoms with Crippen LogP contribution in [0.5, 0.6) is 0 Å². The second-order valence-corrected chi connectivity index (χ2v) is 2.86. The van der Waals surface area contributed by atoms with E-state index < -0.39 is 0 Å². The molecule has 0 saturated heterocycles. The molecule has 3 heteroatoms. The zero-order chi connectivity index (χ0) is 6.97. The minimum absolute atomic E-state index is 0. The van der Waals surface area contributed by atoms with Crippen LogP contribution in [0.2, 0.25) is 0 Å². The lowest BCUT2D eigenvalue weighted by Crippen LogP contribution is -2.25. The van der Waals surface area contributed by atoms with Crippen molar-refractivity contribution in [3.8, 4) is 0 Å². The molecule has 0 atom stereocenters. The fraction of sp³-hybridized carbons (Fsp3) is 0.571. The molecule has 0 radical (unpaired) electrons. The van der Waals surface area contributed by atoms with Crippen molar-refractivity contribution in [2.45, 2.75) is 13.0 Å². The highest BCUT2D eigenvalue weighted by Crippen LogP contribution is 2.13. The highest BCUT2D eigenvalue weighted by molar-refractivity contribution is 5.18. The number of nitrogens with zero attached hydrogens (tertiary/aromatic N) is 2. The summed E-state index contributed by atoms with van der Waals surface area (Å²) in [6.45, 7) is 2.20. The minimum Gasteiger partial charge on any atom is -0.302 e. The fourth-order valence-corrected chi connectivity index (χ4v) is 1.36. The quantitative estimate of drug-likeness (QED) is 0.572. The van der Waals surface area contributed by atoms with Crippen molar-refractivity contribution in [3.05, 3.63) is 17.5 Å². The van der Waals surface area contributed by atoms with Gasteiger partial charge in [-0.2, -0.15) is 5.10 Å². The van der Waals surface area contributed by atoms with Gasteiger partial charge in [-0.3, -0.25) is 5.10 Å². The summed E-state index contributed by atoms with van der Waals surface area (Å²) in [5, 5.41) is 6.99. The van der Waals surface area contributed by atoms with Gasteiger partial charge < -0.3 is 4.90 Å². The van der Waals surface area contributed by atoms with Crippen LogP contribution in [0.1, 0.15) is 12.7 Å². The molecule has 0 bridgehead atoms. The van der Waals surface area contributed by atoms with Gasteiger partial charge in [0.05, 0.1) is 6.20 Å². The summed E-state index contributed by atoms with van der Waals surface area (Å²) in [5.74, 6) is 0. The van der Waals surface area contributed by atoms with Crippen molar-refractivity contribution in [2.24, 2.45) is 0 Å². The molecule has 1 aromatic heterocycles. The number of H-pyrrole nitrogens is 1. The molecular formula is C7H13N3. The van der Waals surface area contributed by atoms with Gasteiger partial charge in [0.25, 0.3) is 0 Å². The first-order valence-corrected chi connectivity index (χ1v) is 3.56. The highest BCUT2D eigenvalue weighted by Gasteiger charge is 2.13. The van der Waals surface area contributed by atoms with Gasteiger partial charge in [0, 0.05) is 32.2 Å². The van der Waals surface area contributed by atoms with Gasteiger partial charge >= 0.3 is 0 Å². The Hall–Kier alpha value is -0.830. The van der Waals surface area contributed by atoms with E-state index in [4.69, 9.17) is 0 Å². The number of nitrogens with one attached hydrogen (secondary N) is 1. The average Bonchev–Trinajstić information content (AvgIpc) is 2.33. The van der Waals surface area contributed by atoms with Crippen LogP contribution < -0.4 is 0 Å². The van der Waals surface area contributed by atoms with Crippen molar-refractivity contribution < 1.29 is 1.43 Å². The molecule has 0 amide bonds. The Labute approximate surface area is 61.5 Å². The normalized spacial score (nSPS) is 18.9. The average molecular weight is 139 g/mol. The molecule has 0 unspecified atom stereocenters. The molecule has 56 valence electrons. The summed E-state index contributed by atoms with van der Waals surface area (Å²) in [6.07, 6.45) is 3.04. The number of hydrogen-bond acceptors (Lipinski definition) is 2. The van der Waals surface area contributed by atoms with Crippen molar-refractivity contribution >= 4 is 0 Å². The zero-order valence-corrected chi connectivity index (χ0v) is 6.09. The fourth-order valence-electron chi connectivity index (χ4n) is 1.36. The van der Waals surface area contributed by atoms with Gasteiger partial charge in [0.15, 0.2) is 0 Å². The van der Waals surface area contributed by atoms with Gasteiger partial charge in [0.2, 0.25) is 0 Å². The Morgan fingerprint density at radius 2 is 2.70 bits per heavy atom. The summed E-state index contributed by atoms with van der Waals surface area (Å²) < 4.78 is 0. The molecule has 1 aliphatic rings. The first kappa shape index (κ1) is 5.92. The third-order valence-corrected chi connectivity index (χ3v) is 1.99. The molecule has 0 spiro atoms. The molecule has 2 heterocycles. The molecule has 1 aromatic rings. The molecule has 0 aliphatic carbocycles. The van der Waals surface area contributed by atoms with Crippen LogP contribution in [0.15, 0.2) is 6.20 Å². The third-order valence-electron chi connectivity index (χ3n) is 1.99.